The highest BCUT2D eigenvalue weighted by Crippen LogP contribution is 2.26. The van der Waals surface area contributed by atoms with Gasteiger partial charge in [0.1, 0.15) is 5.82 Å². The van der Waals surface area contributed by atoms with Gasteiger partial charge in [-0.15, -0.1) is 11.3 Å². The summed E-state index contributed by atoms with van der Waals surface area (Å²) in [5.41, 5.74) is 6.49. The summed E-state index contributed by atoms with van der Waals surface area (Å²) in [7, 11) is 0. The molecule has 0 spiro atoms. The first kappa shape index (κ1) is 14.2. The second-order valence-corrected chi connectivity index (χ2v) is 5.62. The van der Waals surface area contributed by atoms with Crippen LogP contribution in [0.4, 0.5) is 10.1 Å². The van der Waals surface area contributed by atoms with Gasteiger partial charge in [-0.25, -0.2) is 4.39 Å². The Morgan fingerprint density at radius 2 is 1.95 bits per heavy atom. The van der Waals surface area contributed by atoms with E-state index in [9.17, 15) is 14.0 Å². The van der Waals surface area contributed by atoms with Gasteiger partial charge in [0.2, 0.25) is 0 Å². The lowest BCUT2D eigenvalue weighted by molar-refractivity contribution is 0.0999. The number of nitrogens with two attached hydrogens (primary N) is 1. The molecule has 6 heteroatoms. The van der Waals surface area contributed by atoms with Crippen molar-refractivity contribution in [1.29, 1.82) is 0 Å². The van der Waals surface area contributed by atoms with E-state index < -0.39 is 5.91 Å². The molecule has 0 aliphatic carbocycles. The van der Waals surface area contributed by atoms with Gasteiger partial charge in [-0.2, -0.15) is 0 Å². The maximum absolute atomic E-state index is 13.2. The number of carbonyl (C=O) groups excluding carboxylic acids is 2. The predicted molar refractivity (Wildman–Crippen MR) is 76.7 cm³/mol. The molecule has 4 nitrogen and oxygen atoms in total. The van der Waals surface area contributed by atoms with Crippen LogP contribution in [0.25, 0.3) is 0 Å². The van der Waals surface area contributed by atoms with Crippen molar-refractivity contribution in [2.24, 2.45) is 5.73 Å². The fraction of sp³-hybridized carbons (Fsp3) is 0.143. The molecule has 20 heavy (non-hydrogen) atoms. The molecule has 1 aromatic heterocycles. The molecule has 2 aromatic rings. The molecule has 0 aliphatic heterocycles. The third-order valence-corrected chi connectivity index (χ3v) is 3.89. The van der Waals surface area contributed by atoms with Crippen molar-refractivity contribution in [3.63, 3.8) is 0 Å². The van der Waals surface area contributed by atoms with E-state index in [0.29, 0.717) is 21.7 Å². The predicted octanol–water partition coefficient (Wildman–Crippen LogP) is 2.86. The molecule has 0 saturated carbocycles. The van der Waals surface area contributed by atoms with Crippen LogP contribution < -0.4 is 11.1 Å². The molecule has 0 radical (unpaired) electrons. The topological polar surface area (TPSA) is 72.2 Å². The van der Waals surface area contributed by atoms with E-state index in [1.54, 1.807) is 13.8 Å². The minimum atomic E-state index is -0.531. The maximum Gasteiger partial charge on any atom is 0.258 e. The van der Waals surface area contributed by atoms with Gasteiger partial charge < -0.3 is 11.1 Å². The molecule has 1 aromatic carbocycles. The molecule has 104 valence electrons. The SMILES string of the molecule is Cc1cc(C(=O)Nc2cc(C(N)=O)sc2C)ccc1F. The summed E-state index contributed by atoms with van der Waals surface area (Å²) in [6, 6.07) is 5.67. The lowest BCUT2D eigenvalue weighted by Crippen LogP contribution is -2.12. The summed E-state index contributed by atoms with van der Waals surface area (Å²) in [4.78, 5) is 24.3. The second-order valence-electron chi connectivity index (χ2n) is 4.36. The van der Waals surface area contributed by atoms with Gasteiger partial charge in [0.05, 0.1) is 10.6 Å². The first-order valence-electron chi connectivity index (χ1n) is 5.86. The zero-order valence-corrected chi connectivity index (χ0v) is 11.8. The average Bonchev–Trinajstić information content (AvgIpc) is 2.74. The first-order chi connectivity index (χ1) is 9.38. The Labute approximate surface area is 119 Å². The highest BCUT2D eigenvalue weighted by Gasteiger charge is 2.13. The molecule has 0 saturated heterocycles. The van der Waals surface area contributed by atoms with Gasteiger partial charge in [-0.1, -0.05) is 0 Å². The van der Waals surface area contributed by atoms with Crippen molar-refractivity contribution in [2.45, 2.75) is 13.8 Å². The molecule has 2 amide bonds. The molecule has 0 unspecified atom stereocenters. The minimum Gasteiger partial charge on any atom is -0.365 e. The number of benzene rings is 1. The number of aryl methyl sites for hydroxylation is 2. The Morgan fingerprint density at radius 1 is 1.25 bits per heavy atom. The second kappa shape index (κ2) is 5.42. The van der Waals surface area contributed by atoms with E-state index in [-0.39, 0.29) is 11.7 Å². The number of hydrogen-bond acceptors (Lipinski definition) is 3. The van der Waals surface area contributed by atoms with Gasteiger partial charge in [-0.3, -0.25) is 9.59 Å². The number of carbonyl (C=O) groups is 2. The van der Waals surface area contributed by atoms with Crippen LogP contribution in [0.1, 0.15) is 30.5 Å². The zero-order chi connectivity index (χ0) is 14.9. The molecule has 3 N–H and O–H groups in total. The van der Waals surface area contributed by atoms with Crippen molar-refractivity contribution in [2.75, 3.05) is 5.32 Å². The van der Waals surface area contributed by atoms with E-state index in [4.69, 9.17) is 5.73 Å². The minimum absolute atomic E-state index is 0.356. The van der Waals surface area contributed by atoms with E-state index in [0.717, 1.165) is 4.88 Å². The standard InChI is InChI=1S/C14H13FN2O2S/c1-7-5-9(3-4-10(7)15)14(19)17-11-6-12(13(16)18)20-8(11)2/h3-6H,1-2H3,(H2,16,18)(H,17,19). The van der Waals surface area contributed by atoms with Crippen LogP contribution in [0.3, 0.4) is 0 Å². The van der Waals surface area contributed by atoms with Crippen LogP contribution in [0, 0.1) is 19.7 Å². The fourth-order valence-corrected chi connectivity index (χ4v) is 2.54. The van der Waals surface area contributed by atoms with Crippen LogP contribution in [0.15, 0.2) is 24.3 Å². The number of thiophene rings is 1. The lowest BCUT2D eigenvalue weighted by atomic mass is 10.1. The third kappa shape index (κ3) is 2.85. The van der Waals surface area contributed by atoms with Gasteiger partial charge in [0, 0.05) is 10.4 Å². The number of amides is 2. The van der Waals surface area contributed by atoms with Crippen molar-refractivity contribution in [3.8, 4) is 0 Å². The summed E-state index contributed by atoms with van der Waals surface area (Å²) in [6.07, 6.45) is 0. The van der Waals surface area contributed by atoms with Gasteiger partial charge in [0.25, 0.3) is 11.8 Å². The Bertz CT molecular complexity index is 694. The number of anilines is 1. The molecule has 0 atom stereocenters. The third-order valence-electron chi connectivity index (χ3n) is 2.83. The molecule has 0 aliphatic rings. The smallest absolute Gasteiger partial charge is 0.258 e. The van der Waals surface area contributed by atoms with Crippen LogP contribution in [-0.4, -0.2) is 11.8 Å². The molecular weight excluding hydrogens is 279 g/mol. The quantitative estimate of drug-likeness (QED) is 0.913. The van der Waals surface area contributed by atoms with Crippen LogP contribution in [-0.2, 0) is 0 Å². The molecule has 0 fully saturated rings. The molecule has 1 heterocycles. The summed E-state index contributed by atoms with van der Waals surface area (Å²) in [5, 5.41) is 2.69. The Hall–Kier alpha value is -2.21. The normalized spacial score (nSPS) is 10.3. The van der Waals surface area contributed by atoms with Crippen LogP contribution in [0.5, 0.6) is 0 Å². The highest BCUT2D eigenvalue weighted by atomic mass is 32.1. The zero-order valence-electron chi connectivity index (χ0n) is 11.0. The van der Waals surface area contributed by atoms with Gasteiger partial charge >= 0.3 is 0 Å². The van der Waals surface area contributed by atoms with E-state index in [1.165, 1.54) is 35.6 Å². The highest BCUT2D eigenvalue weighted by molar-refractivity contribution is 7.14. The number of hydrogen-bond donors (Lipinski definition) is 2. The lowest BCUT2D eigenvalue weighted by Gasteiger charge is -2.05. The van der Waals surface area contributed by atoms with Crippen molar-refractivity contribution >= 4 is 28.8 Å². The summed E-state index contributed by atoms with van der Waals surface area (Å²) in [6.45, 7) is 3.37. The summed E-state index contributed by atoms with van der Waals surface area (Å²) >= 11 is 1.22. The fourth-order valence-electron chi connectivity index (χ4n) is 1.71. The Balaban J connectivity index is 2.23. The summed E-state index contributed by atoms with van der Waals surface area (Å²) < 4.78 is 13.2. The Morgan fingerprint density at radius 3 is 2.50 bits per heavy atom. The number of nitrogens with one attached hydrogen (secondary N) is 1. The van der Waals surface area contributed by atoms with Gasteiger partial charge in [0.15, 0.2) is 0 Å². The van der Waals surface area contributed by atoms with E-state index in [2.05, 4.69) is 5.32 Å². The summed E-state index contributed by atoms with van der Waals surface area (Å²) in [5.74, 6) is -1.24. The van der Waals surface area contributed by atoms with Gasteiger partial charge in [-0.05, 0) is 43.7 Å². The number of halogens is 1. The number of primary amides is 1. The molecule has 2 rings (SSSR count). The Kier molecular flexibility index (Phi) is 3.85. The monoisotopic (exact) mass is 292 g/mol. The molecular formula is C14H13FN2O2S. The number of rotatable bonds is 3. The van der Waals surface area contributed by atoms with E-state index in [1.807, 2.05) is 0 Å². The van der Waals surface area contributed by atoms with Crippen LogP contribution in [0.2, 0.25) is 0 Å². The average molecular weight is 292 g/mol. The van der Waals surface area contributed by atoms with Crippen LogP contribution >= 0.6 is 11.3 Å². The maximum atomic E-state index is 13.2. The van der Waals surface area contributed by atoms with Crippen molar-refractivity contribution in [1.82, 2.24) is 0 Å². The van der Waals surface area contributed by atoms with Crippen molar-refractivity contribution in [3.05, 3.63) is 51.0 Å². The van der Waals surface area contributed by atoms with Crippen molar-refractivity contribution < 1.29 is 14.0 Å². The largest absolute Gasteiger partial charge is 0.365 e. The first-order valence-corrected chi connectivity index (χ1v) is 6.68. The van der Waals surface area contributed by atoms with E-state index >= 15 is 0 Å². The molecule has 0 bridgehead atoms.